The van der Waals surface area contributed by atoms with E-state index in [4.69, 9.17) is 19.3 Å². The van der Waals surface area contributed by atoms with Crippen molar-refractivity contribution in [3.63, 3.8) is 0 Å². The molecule has 2 N–H and O–H groups in total. The molecule has 13 nitrogen and oxygen atoms in total. The Morgan fingerprint density at radius 1 is 0.633 bits per heavy atom. The van der Waals surface area contributed by atoms with Gasteiger partial charge in [-0.1, -0.05) is 84.1 Å². The van der Waals surface area contributed by atoms with Crippen molar-refractivity contribution < 1.29 is 93.8 Å². The van der Waals surface area contributed by atoms with Crippen LogP contribution < -0.4 is 14.7 Å². The number of rotatable bonds is 11. The van der Waals surface area contributed by atoms with Crippen LogP contribution in [0.25, 0.3) is 0 Å². The Kier molecular flexibility index (Phi) is 33.9. The van der Waals surface area contributed by atoms with Crippen LogP contribution in [-0.2, 0) is 60.0 Å². The van der Waals surface area contributed by atoms with E-state index >= 15 is 0 Å². The number of aliphatic hydroxyl groups is 2. The minimum Gasteiger partial charge on any atom is -0.778 e. The third-order valence-corrected chi connectivity index (χ3v) is 13.1. The van der Waals surface area contributed by atoms with Crippen LogP contribution in [0.3, 0.4) is 0 Å². The van der Waals surface area contributed by atoms with Gasteiger partial charge in [0.2, 0.25) is 0 Å². The van der Waals surface area contributed by atoms with Gasteiger partial charge in [-0.25, -0.2) is 0 Å². The van der Waals surface area contributed by atoms with E-state index in [1.54, 1.807) is 41.5 Å². The summed E-state index contributed by atoms with van der Waals surface area (Å²) in [6, 6.07) is 0. The molecule has 0 aliphatic carbocycles. The van der Waals surface area contributed by atoms with Crippen LogP contribution in [-0.4, -0.2) is 122 Å². The Balaban J connectivity index is -0.0000000956. The topological polar surface area (TPSA) is 189 Å². The zero-order valence-electron chi connectivity index (χ0n) is 33.2. The summed E-state index contributed by atoms with van der Waals surface area (Å²) < 4.78 is 50.0. The molecule has 0 aliphatic rings. The number of aliphatic hydroxyl groups excluding tert-OH is 2. The van der Waals surface area contributed by atoms with Gasteiger partial charge in [0.25, 0.3) is 0 Å². The maximum absolute atomic E-state index is 11.5. The molecule has 0 aromatic carbocycles. The van der Waals surface area contributed by atoms with Gasteiger partial charge < -0.3 is 61.1 Å². The van der Waals surface area contributed by atoms with Gasteiger partial charge in [0, 0.05) is 48.2 Å². The molecule has 17 heteroatoms. The fourth-order valence-electron chi connectivity index (χ4n) is 1.46. The number of quaternary nitrogens is 2. The molecule has 49 heavy (non-hydrogen) atoms. The van der Waals surface area contributed by atoms with E-state index in [1.165, 1.54) is 20.8 Å². The third kappa shape index (κ3) is 32.5. The van der Waals surface area contributed by atoms with Crippen molar-refractivity contribution in [3.05, 3.63) is 0 Å². The molecular weight excluding hydrogens is 770 g/mol. The first-order valence-corrected chi connectivity index (χ1v) is 20.1. The molecule has 0 heterocycles. The zero-order chi connectivity index (χ0) is 38.4. The van der Waals surface area contributed by atoms with Crippen molar-refractivity contribution in [1.82, 2.24) is 0 Å². The fraction of sp³-hybridized carbons (Fsp3) is 1.00. The Hall–Kier alpha value is 1.39. The summed E-state index contributed by atoms with van der Waals surface area (Å²) in [4.78, 5) is 34.0. The smallest absolute Gasteiger partial charge is 0.140 e. The average molecular weight is 851 g/mol. The molecule has 1 radical (unpaired) electrons. The molecule has 0 rings (SSSR count). The molecule has 0 fully saturated rings. The average Bonchev–Trinajstić information content (AvgIpc) is 2.78. The van der Waals surface area contributed by atoms with E-state index in [0.717, 1.165) is 10.9 Å². The van der Waals surface area contributed by atoms with Gasteiger partial charge in [-0.3, -0.25) is 0 Å². The second-order valence-corrected chi connectivity index (χ2v) is 24.8. The largest absolute Gasteiger partial charge is 0.778 e. The summed E-state index contributed by atoms with van der Waals surface area (Å²) in [6.07, 6.45) is -0.424. The molecule has 0 aromatic rings. The molecule has 303 valence electrons. The molecule has 0 bridgehead atoms. The second-order valence-electron chi connectivity index (χ2n) is 17.0. The van der Waals surface area contributed by atoms with Gasteiger partial charge in [0.1, 0.15) is 42.0 Å². The standard InChI is InChI=1S/C9H22NO3P.C7H18N.C7H17O5P.C7H17O3P.2CH4.Y/c1-9(2,3)14(11,12)13-8-7-10(4,5)6;1-7(2,3)8(4,5)6;1-7(2,3)13(10,11)12-5-6(9)4-8;1-5-6-10-11(8,9)7(2,3)4;;;/h7-8H2,1-6H3;1-6H3;6,8-9H,4-5H2,1-3H3,(H,10,11);5-6H2,1-4H3,(H,8,9);2*1H4;/q;+1;;;;;/p-2. The monoisotopic (exact) mass is 850 g/mol. The van der Waals surface area contributed by atoms with Crippen LogP contribution in [0.4, 0.5) is 0 Å². The van der Waals surface area contributed by atoms with Gasteiger partial charge in [-0.15, -0.1) is 0 Å². The molecule has 0 saturated carbocycles. The SMILES string of the molecule is C.C.CC(C)(C)P(=O)([O-])OCC(O)CO.CC(C)(C)P(=O)([O-])OCC[N+](C)(C)C.CC(C)(C)[N+](C)(C)C.CCCOP(=O)([O-])C(C)(C)C.[Y]. The van der Waals surface area contributed by atoms with E-state index in [0.29, 0.717) is 16.6 Å². The van der Waals surface area contributed by atoms with E-state index in [1.807, 2.05) is 28.1 Å². The molecule has 4 atom stereocenters. The van der Waals surface area contributed by atoms with Crippen LogP contribution in [0.2, 0.25) is 0 Å². The minimum atomic E-state index is -3.96. The van der Waals surface area contributed by atoms with E-state index in [9.17, 15) is 28.4 Å². The maximum Gasteiger partial charge on any atom is 0.140 e. The van der Waals surface area contributed by atoms with Crippen molar-refractivity contribution in [1.29, 1.82) is 0 Å². The predicted molar refractivity (Wildman–Crippen MR) is 197 cm³/mol. The van der Waals surface area contributed by atoms with Gasteiger partial charge in [0.15, 0.2) is 0 Å². The zero-order valence-corrected chi connectivity index (χ0v) is 38.7. The Morgan fingerprint density at radius 2 is 0.898 bits per heavy atom. The summed E-state index contributed by atoms with van der Waals surface area (Å²) in [7, 11) is 1.28. The first-order chi connectivity index (χ1) is 19.7. The normalized spacial score (nSPS) is 16.7. The molecule has 0 spiro atoms. The Bertz CT molecular complexity index is 964. The predicted octanol–water partition coefficient (Wildman–Crippen LogP) is 5.29. The maximum atomic E-state index is 11.5. The molecule has 0 aliphatic heterocycles. The first-order valence-electron chi connectivity index (χ1n) is 15.5. The van der Waals surface area contributed by atoms with Gasteiger partial charge in [0.05, 0.1) is 67.6 Å². The summed E-state index contributed by atoms with van der Waals surface area (Å²) in [5, 5.41) is 14.7. The van der Waals surface area contributed by atoms with Gasteiger partial charge in [-0.2, -0.15) is 0 Å². The van der Waals surface area contributed by atoms with Crippen molar-refractivity contribution in [2.45, 2.75) is 138 Å². The summed E-state index contributed by atoms with van der Waals surface area (Å²) in [6.45, 7) is 23.3. The van der Waals surface area contributed by atoms with Gasteiger partial charge in [-0.05, 0) is 27.2 Å². The number of hydrogen-bond donors (Lipinski definition) is 2. The summed E-state index contributed by atoms with van der Waals surface area (Å²) in [5.41, 5.74) is 0.375. The van der Waals surface area contributed by atoms with Crippen LogP contribution >= 0.6 is 22.8 Å². The fourth-order valence-corrected chi connectivity index (χ4v) is 3.74. The van der Waals surface area contributed by atoms with Crippen molar-refractivity contribution in [3.8, 4) is 0 Å². The molecule has 0 amide bonds. The van der Waals surface area contributed by atoms with Crippen molar-refractivity contribution >= 4 is 22.8 Å². The third-order valence-electron chi connectivity index (χ3n) is 6.61. The number of nitrogens with zero attached hydrogens (tertiary/aromatic N) is 2. The molecule has 0 aromatic heterocycles. The number of hydrogen-bond acceptors (Lipinski definition) is 11. The van der Waals surface area contributed by atoms with E-state index < -0.39 is 57.6 Å². The molecular formula is C32H80N2O11P3Y-. The van der Waals surface area contributed by atoms with Crippen molar-refractivity contribution in [2.24, 2.45) is 0 Å². The van der Waals surface area contributed by atoms with Crippen LogP contribution in [0.5, 0.6) is 0 Å². The van der Waals surface area contributed by atoms with Crippen molar-refractivity contribution in [2.75, 3.05) is 75.3 Å². The van der Waals surface area contributed by atoms with Gasteiger partial charge >= 0.3 is 0 Å². The van der Waals surface area contributed by atoms with E-state index in [2.05, 4.69) is 46.4 Å². The minimum absolute atomic E-state index is 0. The van der Waals surface area contributed by atoms with Crippen LogP contribution in [0.15, 0.2) is 0 Å². The molecule has 0 saturated heterocycles. The van der Waals surface area contributed by atoms with E-state index in [-0.39, 0.29) is 60.8 Å². The second kappa shape index (κ2) is 25.5. The van der Waals surface area contributed by atoms with Crippen LogP contribution in [0.1, 0.15) is 111 Å². The number of likely N-dealkylation sites (N-methyl/N-ethyl adjacent to an activating group) is 1. The Labute approximate surface area is 328 Å². The van der Waals surface area contributed by atoms with Crippen LogP contribution in [0, 0.1) is 0 Å². The summed E-state index contributed by atoms with van der Waals surface area (Å²) >= 11 is 0. The summed E-state index contributed by atoms with van der Waals surface area (Å²) in [5.74, 6) is 0. The quantitative estimate of drug-likeness (QED) is 0.203. The Morgan fingerprint density at radius 3 is 1.10 bits per heavy atom. The first kappa shape index (κ1) is 65.3. The molecule has 4 unspecified atom stereocenters.